The van der Waals surface area contributed by atoms with Gasteiger partial charge in [0.1, 0.15) is 6.10 Å². The van der Waals surface area contributed by atoms with Crippen molar-refractivity contribution in [2.24, 2.45) is 0 Å². The van der Waals surface area contributed by atoms with E-state index < -0.39 is 6.10 Å². The molecule has 1 N–H and O–H groups in total. The van der Waals surface area contributed by atoms with Gasteiger partial charge in [-0.3, -0.25) is 4.79 Å². The zero-order chi connectivity index (χ0) is 20.7. The summed E-state index contributed by atoms with van der Waals surface area (Å²) < 4.78 is 10.8. The number of unbranched alkanes of at least 4 members (excludes halogenated alkanes) is 11. The van der Waals surface area contributed by atoms with E-state index in [1.54, 1.807) is 0 Å². The second-order valence-electron chi connectivity index (χ2n) is 7.70. The zero-order valence-corrected chi connectivity index (χ0v) is 18.6. The summed E-state index contributed by atoms with van der Waals surface area (Å²) in [6.45, 7) is 5.07. The van der Waals surface area contributed by atoms with Crippen molar-refractivity contribution in [2.45, 2.75) is 116 Å². The lowest BCUT2D eigenvalue weighted by Crippen LogP contribution is -2.27. The highest BCUT2D eigenvalue weighted by Crippen LogP contribution is 2.09. The van der Waals surface area contributed by atoms with Crippen LogP contribution in [-0.4, -0.2) is 37.0 Å². The van der Waals surface area contributed by atoms with Gasteiger partial charge in [0.05, 0.1) is 13.2 Å². The Bertz CT molecular complexity index is 355. The second kappa shape index (κ2) is 22.4. The minimum absolute atomic E-state index is 0.176. The van der Waals surface area contributed by atoms with E-state index in [1.807, 2.05) is 6.92 Å². The molecule has 0 fully saturated rings. The largest absolute Gasteiger partial charge is 0.457 e. The first-order valence-electron chi connectivity index (χ1n) is 11.8. The summed E-state index contributed by atoms with van der Waals surface area (Å²) in [5.74, 6) is -0.240. The Hall–Kier alpha value is -0.870. The number of hydrogen-bond acceptors (Lipinski definition) is 4. The van der Waals surface area contributed by atoms with Crippen LogP contribution in [0.2, 0.25) is 0 Å². The van der Waals surface area contributed by atoms with Crippen LogP contribution in [-0.2, 0) is 14.3 Å². The van der Waals surface area contributed by atoms with Crippen LogP contribution in [0, 0.1) is 0 Å². The molecule has 0 aromatic heterocycles. The first kappa shape index (κ1) is 27.1. The third-order valence-corrected chi connectivity index (χ3v) is 4.84. The summed E-state index contributed by atoms with van der Waals surface area (Å²) in [6.07, 6.45) is 21.6. The maximum Gasteiger partial charge on any atom is 0.306 e. The van der Waals surface area contributed by atoms with Crippen molar-refractivity contribution in [3.8, 4) is 0 Å². The molecular weight excluding hydrogens is 352 g/mol. The number of rotatable bonds is 21. The minimum Gasteiger partial charge on any atom is -0.457 e. The molecule has 1 unspecified atom stereocenters. The van der Waals surface area contributed by atoms with E-state index in [2.05, 4.69) is 19.1 Å². The molecule has 0 aliphatic heterocycles. The Kier molecular flexibility index (Phi) is 21.7. The van der Waals surface area contributed by atoms with Crippen LogP contribution in [0.3, 0.4) is 0 Å². The highest BCUT2D eigenvalue weighted by Gasteiger charge is 2.13. The van der Waals surface area contributed by atoms with Gasteiger partial charge in [-0.15, -0.1) is 0 Å². The Balaban J connectivity index is 3.36. The Morgan fingerprint density at radius 2 is 1.39 bits per heavy atom. The van der Waals surface area contributed by atoms with Gasteiger partial charge in [0.15, 0.2) is 0 Å². The summed E-state index contributed by atoms with van der Waals surface area (Å²) in [4.78, 5) is 11.6. The molecule has 1 atom stereocenters. The Morgan fingerprint density at radius 3 is 2.00 bits per heavy atom. The van der Waals surface area contributed by atoms with Crippen LogP contribution in [0.15, 0.2) is 12.2 Å². The average Bonchev–Trinajstić information content (AvgIpc) is 2.70. The van der Waals surface area contributed by atoms with Gasteiger partial charge in [-0.2, -0.15) is 0 Å². The maximum atomic E-state index is 11.6. The molecule has 0 amide bonds. The Labute approximate surface area is 174 Å². The molecule has 4 nitrogen and oxygen atoms in total. The van der Waals surface area contributed by atoms with Gasteiger partial charge >= 0.3 is 5.97 Å². The molecule has 0 spiro atoms. The van der Waals surface area contributed by atoms with E-state index >= 15 is 0 Å². The summed E-state index contributed by atoms with van der Waals surface area (Å²) in [5, 5.41) is 9.26. The predicted octanol–water partition coefficient (Wildman–Crippen LogP) is 6.35. The molecule has 166 valence electrons. The van der Waals surface area contributed by atoms with Crippen molar-refractivity contribution in [1.29, 1.82) is 0 Å². The molecule has 0 aliphatic rings. The number of carbonyl (C=O) groups excluding carboxylic acids is 1. The predicted molar refractivity (Wildman–Crippen MR) is 118 cm³/mol. The van der Waals surface area contributed by atoms with E-state index in [1.165, 1.54) is 70.6 Å². The summed E-state index contributed by atoms with van der Waals surface area (Å²) in [6, 6.07) is 0. The van der Waals surface area contributed by atoms with Crippen molar-refractivity contribution in [3.63, 3.8) is 0 Å². The number of aliphatic hydroxyl groups excluding tert-OH is 1. The zero-order valence-electron chi connectivity index (χ0n) is 18.6. The fourth-order valence-electron chi connectivity index (χ4n) is 3.00. The van der Waals surface area contributed by atoms with Gasteiger partial charge in [0.25, 0.3) is 0 Å². The highest BCUT2D eigenvalue weighted by atomic mass is 16.6. The molecule has 4 heteroatoms. The number of allylic oxidation sites excluding steroid dienone is 2. The van der Waals surface area contributed by atoms with Crippen LogP contribution in [0.5, 0.6) is 0 Å². The van der Waals surface area contributed by atoms with Crippen molar-refractivity contribution < 1.29 is 19.4 Å². The van der Waals surface area contributed by atoms with Gasteiger partial charge in [0, 0.05) is 13.0 Å². The second-order valence-corrected chi connectivity index (χ2v) is 7.70. The molecule has 0 heterocycles. The maximum absolute atomic E-state index is 11.6. The lowest BCUT2D eigenvalue weighted by molar-refractivity contribution is -0.154. The lowest BCUT2D eigenvalue weighted by atomic mass is 10.1. The summed E-state index contributed by atoms with van der Waals surface area (Å²) in [5.41, 5.74) is 0. The first-order chi connectivity index (χ1) is 13.7. The van der Waals surface area contributed by atoms with Crippen LogP contribution in [0.1, 0.15) is 110 Å². The third-order valence-electron chi connectivity index (χ3n) is 4.84. The van der Waals surface area contributed by atoms with Gasteiger partial charge in [0.2, 0.25) is 0 Å². The Morgan fingerprint density at radius 1 is 0.821 bits per heavy atom. The average molecular weight is 399 g/mol. The van der Waals surface area contributed by atoms with E-state index in [9.17, 15) is 9.90 Å². The van der Waals surface area contributed by atoms with Gasteiger partial charge in [-0.25, -0.2) is 0 Å². The van der Waals surface area contributed by atoms with E-state index in [0.29, 0.717) is 19.6 Å². The fourth-order valence-corrected chi connectivity index (χ4v) is 3.00. The van der Waals surface area contributed by atoms with Crippen LogP contribution in [0.4, 0.5) is 0 Å². The number of aliphatic hydroxyl groups is 1. The molecule has 0 bridgehead atoms. The third kappa shape index (κ3) is 19.9. The molecule has 0 saturated heterocycles. The molecule has 28 heavy (non-hydrogen) atoms. The van der Waals surface area contributed by atoms with Crippen molar-refractivity contribution in [3.05, 3.63) is 12.2 Å². The van der Waals surface area contributed by atoms with Gasteiger partial charge in [-0.05, 0) is 38.5 Å². The number of esters is 1. The van der Waals surface area contributed by atoms with Crippen molar-refractivity contribution in [2.75, 3.05) is 19.8 Å². The summed E-state index contributed by atoms with van der Waals surface area (Å²) >= 11 is 0. The first-order valence-corrected chi connectivity index (χ1v) is 11.8. The number of hydrogen-bond donors (Lipinski definition) is 1. The molecule has 0 aromatic rings. The smallest absolute Gasteiger partial charge is 0.306 e. The standard InChI is InChI=1S/C24H46O4/c1-3-5-7-8-9-10-11-12-13-14-15-16-17-18-20-27-22-23(21-25)28-24(26)19-6-4-2/h10-11,23,25H,3-9,12-22H2,1-2H3/b11-10-. The monoisotopic (exact) mass is 398 g/mol. The van der Waals surface area contributed by atoms with Crippen molar-refractivity contribution in [1.82, 2.24) is 0 Å². The SMILES string of the molecule is CCCCCC/C=C\CCCCCCCCOCC(CO)OC(=O)CCCC. The molecule has 0 aliphatic carbocycles. The van der Waals surface area contributed by atoms with E-state index in [4.69, 9.17) is 9.47 Å². The molecule has 0 rings (SSSR count). The van der Waals surface area contributed by atoms with E-state index in [0.717, 1.165) is 19.3 Å². The molecule has 0 aromatic carbocycles. The summed E-state index contributed by atoms with van der Waals surface area (Å²) in [7, 11) is 0. The molecule has 0 radical (unpaired) electrons. The van der Waals surface area contributed by atoms with Crippen LogP contribution < -0.4 is 0 Å². The van der Waals surface area contributed by atoms with Gasteiger partial charge < -0.3 is 14.6 Å². The van der Waals surface area contributed by atoms with Crippen LogP contribution in [0.25, 0.3) is 0 Å². The molecular formula is C24H46O4. The lowest BCUT2D eigenvalue weighted by Gasteiger charge is -2.15. The van der Waals surface area contributed by atoms with Crippen molar-refractivity contribution >= 4 is 5.97 Å². The van der Waals surface area contributed by atoms with Gasteiger partial charge in [-0.1, -0.05) is 77.4 Å². The highest BCUT2D eigenvalue weighted by molar-refractivity contribution is 5.69. The molecule has 0 saturated carbocycles. The normalized spacial score (nSPS) is 12.5. The van der Waals surface area contributed by atoms with Crippen LogP contribution >= 0.6 is 0 Å². The number of ether oxygens (including phenoxy) is 2. The number of carbonyl (C=O) groups is 1. The topological polar surface area (TPSA) is 55.8 Å². The quantitative estimate of drug-likeness (QED) is 0.139. The van der Waals surface area contributed by atoms with E-state index in [-0.39, 0.29) is 12.6 Å². The fraction of sp³-hybridized carbons (Fsp3) is 0.875. The minimum atomic E-state index is -0.524.